The Morgan fingerprint density at radius 1 is 1.22 bits per heavy atom. The number of fused-ring (bicyclic) bond motifs is 1. The number of hydrogen-bond donors (Lipinski definition) is 2. The topological polar surface area (TPSA) is 84.8 Å². The van der Waals surface area contributed by atoms with Gasteiger partial charge in [-0.15, -0.1) is 0 Å². The lowest BCUT2D eigenvalue weighted by molar-refractivity contribution is 0.101. The predicted molar refractivity (Wildman–Crippen MR) is 104 cm³/mol. The van der Waals surface area contributed by atoms with E-state index in [4.69, 9.17) is 16.3 Å². The van der Waals surface area contributed by atoms with Crippen molar-refractivity contribution in [3.8, 4) is 17.0 Å². The summed E-state index contributed by atoms with van der Waals surface area (Å²) in [4.78, 5) is 20.3. The Morgan fingerprint density at radius 2 is 2.00 bits per heavy atom. The Balaban J connectivity index is 1.69. The van der Waals surface area contributed by atoms with E-state index < -0.39 is 0 Å². The van der Waals surface area contributed by atoms with E-state index in [0.717, 1.165) is 11.1 Å². The van der Waals surface area contributed by atoms with E-state index in [1.54, 1.807) is 25.2 Å². The highest BCUT2D eigenvalue weighted by molar-refractivity contribution is 6.31. The molecular weight excluding hydrogens is 366 g/mol. The van der Waals surface area contributed by atoms with Crippen LogP contribution in [0.25, 0.3) is 22.3 Å². The molecule has 2 aromatic carbocycles. The molecule has 0 fully saturated rings. The number of nitrogens with zero attached hydrogens (tertiary/aromatic N) is 3. The average Bonchev–Trinajstić information content (AvgIpc) is 3.21. The average molecular weight is 382 g/mol. The molecule has 7 nitrogen and oxygen atoms in total. The molecule has 0 unspecified atom stereocenters. The third-order valence-corrected chi connectivity index (χ3v) is 4.38. The van der Waals surface area contributed by atoms with E-state index in [1.165, 1.54) is 11.8 Å². The minimum absolute atomic E-state index is 0.301. The molecule has 27 heavy (non-hydrogen) atoms. The van der Waals surface area contributed by atoms with Crippen LogP contribution in [0.4, 0.5) is 5.95 Å². The van der Waals surface area contributed by atoms with Crippen molar-refractivity contribution in [2.45, 2.75) is 0 Å². The SMILES string of the molecule is COc1c(-c2ccccc2)nn(C)c1C(=O)Nc1nc2ccc(Cl)cc2[nH]1. The number of aromatic nitrogens is 4. The molecule has 0 aliphatic carbocycles. The van der Waals surface area contributed by atoms with Crippen molar-refractivity contribution >= 4 is 34.5 Å². The van der Waals surface area contributed by atoms with Crippen LogP contribution in [0.5, 0.6) is 5.75 Å². The van der Waals surface area contributed by atoms with Crippen LogP contribution in [-0.2, 0) is 7.05 Å². The molecule has 2 heterocycles. The predicted octanol–water partition coefficient (Wildman–Crippen LogP) is 3.88. The van der Waals surface area contributed by atoms with Crippen LogP contribution in [0.2, 0.25) is 5.02 Å². The van der Waals surface area contributed by atoms with Crippen molar-refractivity contribution in [1.29, 1.82) is 0 Å². The third kappa shape index (κ3) is 3.13. The van der Waals surface area contributed by atoms with Gasteiger partial charge in [-0.2, -0.15) is 5.10 Å². The van der Waals surface area contributed by atoms with Gasteiger partial charge in [0.15, 0.2) is 11.4 Å². The summed E-state index contributed by atoms with van der Waals surface area (Å²) in [5.74, 6) is 0.344. The van der Waals surface area contributed by atoms with Crippen molar-refractivity contribution in [3.63, 3.8) is 0 Å². The molecule has 136 valence electrons. The number of aryl methyl sites for hydroxylation is 1. The van der Waals surface area contributed by atoms with Gasteiger partial charge in [0, 0.05) is 17.6 Å². The van der Waals surface area contributed by atoms with Gasteiger partial charge in [0.2, 0.25) is 5.95 Å². The summed E-state index contributed by atoms with van der Waals surface area (Å²) in [6.45, 7) is 0. The molecular formula is C19H16ClN5O2. The third-order valence-electron chi connectivity index (χ3n) is 4.15. The molecule has 0 atom stereocenters. The van der Waals surface area contributed by atoms with E-state index in [0.29, 0.717) is 33.6 Å². The van der Waals surface area contributed by atoms with Crippen LogP contribution in [0.15, 0.2) is 48.5 Å². The maximum absolute atomic E-state index is 12.9. The van der Waals surface area contributed by atoms with Gasteiger partial charge in [-0.25, -0.2) is 4.98 Å². The first-order chi connectivity index (χ1) is 13.1. The summed E-state index contributed by atoms with van der Waals surface area (Å²) in [6, 6.07) is 14.8. The zero-order chi connectivity index (χ0) is 19.0. The Kier molecular flexibility index (Phi) is 4.29. The van der Waals surface area contributed by atoms with Crippen molar-refractivity contribution in [3.05, 3.63) is 59.2 Å². The molecule has 0 saturated heterocycles. The van der Waals surface area contributed by atoms with E-state index in [-0.39, 0.29) is 5.91 Å². The highest BCUT2D eigenvalue weighted by atomic mass is 35.5. The molecule has 0 radical (unpaired) electrons. The highest BCUT2D eigenvalue weighted by Gasteiger charge is 2.24. The fourth-order valence-electron chi connectivity index (χ4n) is 2.94. The molecule has 0 spiro atoms. The first-order valence-electron chi connectivity index (χ1n) is 8.20. The number of aromatic amines is 1. The second-order valence-electron chi connectivity index (χ2n) is 5.92. The number of benzene rings is 2. The molecule has 1 amide bonds. The Bertz CT molecular complexity index is 1130. The number of rotatable bonds is 4. The normalized spacial score (nSPS) is 10.9. The molecule has 0 aliphatic heterocycles. The standard InChI is InChI=1S/C19H16ClN5O2/c1-25-16(17(27-2)15(24-25)11-6-4-3-5-7-11)18(26)23-19-21-13-9-8-12(20)10-14(13)22-19/h3-10H,1-2H3,(H2,21,22,23,26). The number of hydrogen-bond acceptors (Lipinski definition) is 4. The van der Waals surface area contributed by atoms with Crippen LogP contribution < -0.4 is 10.1 Å². The summed E-state index contributed by atoms with van der Waals surface area (Å²) >= 11 is 5.99. The molecule has 4 aromatic rings. The maximum atomic E-state index is 12.9. The molecule has 8 heteroatoms. The van der Waals surface area contributed by atoms with Gasteiger partial charge >= 0.3 is 0 Å². The number of nitrogens with one attached hydrogen (secondary N) is 2. The number of anilines is 1. The fraction of sp³-hybridized carbons (Fsp3) is 0.105. The van der Waals surface area contributed by atoms with Gasteiger partial charge in [0.05, 0.1) is 18.1 Å². The molecule has 0 aliphatic rings. The van der Waals surface area contributed by atoms with Crippen LogP contribution in [0.3, 0.4) is 0 Å². The van der Waals surface area contributed by atoms with Gasteiger partial charge < -0.3 is 9.72 Å². The van der Waals surface area contributed by atoms with Crippen molar-refractivity contribution in [2.75, 3.05) is 12.4 Å². The van der Waals surface area contributed by atoms with Gasteiger partial charge in [0.1, 0.15) is 5.69 Å². The minimum Gasteiger partial charge on any atom is -0.492 e. The second kappa shape index (κ2) is 6.77. The monoisotopic (exact) mass is 381 g/mol. The zero-order valence-corrected chi connectivity index (χ0v) is 15.4. The maximum Gasteiger partial charge on any atom is 0.280 e. The minimum atomic E-state index is -0.380. The summed E-state index contributed by atoms with van der Waals surface area (Å²) < 4.78 is 6.99. The Morgan fingerprint density at radius 3 is 2.74 bits per heavy atom. The number of amides is 1. The number of ether oxygens (including phenoxy) is 1. The van der Waals surface area contributed by atoms with Gasteiger partial charge in [0.25, 0.3) is 5.91 Å². The van der Waals surface area contributed by atoms with Crippen LogP contribution in [0, 0.1) is 0 Å². The van der Waals surface area contributed by atoms with Crippen molar-refractivity contribution < 1.29 is 9.53 Å². The summed E-state index contributed by atoms with van der Waals surface area (Å²) in [5.41, 5.74) is 3.20. The van der Waals surface area contributed by atoms with Crippen molar-refractivity contribution in [1.82, 2.24) is 19.7 Å². The largest absolute Gasteiger partial charge is 0.492 e. The lowest BCUT2D eigenvalue weighted by atomic mass is 10.1. The first-order valence-corrected chi connectivity index (χ1v) is 8.57. The number of imidazole rings is 1. The van der Waals surface area contributed by atoms with Crippen molar-refractivity contribution in [2.24, 2.45) is 7.05 Å². The van der Waals surface area contributed by atoms with Gasteiger partial charge in [-0.05, 0) is 18.2 Å². The summed E-state index contributed by atoms with van der Waals surface area (Å²) in [5, 5.41) is 7.80. The quantitative estimate of drug-likeness (QED) is 0.561. The molecule has 4 rings (SSSR count). The first kappa shape index (κ1) is 17.1. The fourth-order valence-corrected chi connectivity index (χ4v) is 3.11. The lowest BCUT2D eigenvalue weighted by Gasteiger charge is -2.05. The van der Waals surface area contributed by atoms with Gasteiger partial charge in [-0.1, -0.05) is 41.9 Å². The number of H-pyrrole nitrogens is 1. The lowest BCUT2D eigenvalue weighted by Crippen LogP contribution is -2.17. The second-order valence-corrected chi connectivity index (χ2v) is 6.36. The van der Waals surface area contributed by atoms with E-state index >= 15 is 0 Å². The number of carbonyl (C=O) groups excluding carboxylic acids is 1. The van der Waals surface area contributed by atoms with E-state index in [2.05, 4.69) is 20.4 Å². The number of methoxy groups -OCH3 is 1. The summed E-state index contributed by atoms with van der Waals surface area (Å²) in [6.07, 6.45) is 0. The zero-order valence-electron chi connectivity index (χ0n) is 14.7. The smallest absolute Gasteiger partial charge is 0.280 e. The molecule has 0 saturated carbocycles. The van der Waals surface area contributed by atoms with Crippen LogP contribution in [0.1, 0.15) is 10.5 Å². The van der Waals surface area contributed by atoms with E-state index in [1.807, 2.05) is 30.3 Å². The van der Waals surface area contributed by atoms with E-state index in [9.17, 15) is 4.79 Å². The Hall–Kier alpha value is -3.32. The number of carbonyl (C=O) groups is 1. The molecule has 0 bridgehead atoms. The van der Waals surface area contributed by atoms with Crippen LogP contribution >= 0.6 is 11.6 Å². The highest BCUT2D eigenvalue weighted by Crippen LogP contribution is 2.32. The molecule has 2 N–H and O–H groups in total. The molecule has 2 aromatic heterocycles. The van der Waals surface area contributed by atoms with Crippen LogP contribution in [-0.4, -0.2) is 32.8 Å². The van der Waals surface area contributed by atoms with Gasteiger partial charge in [-0.3, -0.25) is 14.8 Å². The summed E-state index contributed by atoms with van der Waals surface area (Å²) in [7, 11) is 3.21. The Labute approximate surface area is 159 Å². The number of halogens is 1.